The van der Waals surface area contributed by atoms with Gasteiger partial charge in [0.2, 0.25) is 5.91 Å². The van der Waals surface area contributed by atoms with E-state index in [0.717, 1.165) is 24.7 Å². The molecule has 102 valence electrons. The molecule has 3 rings (SSSR count). The van der Waals surface area contributed by atoms with Gasteiger partial charge >= 0.3 is 0 Å². The van der Waals surface area contributed by atoms with Gasteiger partial charge in [0.05, 0.1) is 0 Å². The first-order valence-electron chi connectivity index (χ1n) is 7.18. The van der Waals surface area contributed by atoms with E-state index in [-0.39, 0.29) is 17.2 Å². The molecule has 1 aromatic carbocycles. The van der Waals surface area contributed by atoms with Crippen LogP contribution in [0.4, 0.5) is 5.69 Å². The number of rotatable bonds is 5. The second kappa shape index (κ2) is 4.64. The Balaban J connectivity index is 1.52. The Morgan fingerprint density at radius 3 is 2.42 bits per heavy atom. The summed E-state index contributed by atoms with van der Waals surface area (Å²) < 4.78 is 0. The maximum Gasteiger partial charge on any atom is 0.228 e. The third-order valence-electron chi connectivity index (χ3n) is 4.22. The Morgan fingerprint density at radius 2 is 1.89 bits per heavy atom. The molecular weight excluding hydrogens is 236 g/mol. The lowest BCUT2D eigenvalue weighted by Gasteiger charge is -2.08. The van der Waals surface area contributed by atoms with E-state index >= 15 is 0 Å². The molecule has 2 N–H and O–H groups in total. The molecule has 0 radical (unpaired) electrons. The second-order valence-corrected chi connectivity index (χ2v) is 6.59. The first-order chi connectivity index (χ1) is 9.04. The van der Waals surface area contributed by atoms with Crippen LogP contribution in [0.1, 0.15) is 38.7 Å². The Morgan fingerprint density at radius 1 is 1.26 bits per heavy atom. The summed E-state index contributed by atoms with van der Waals surface area (Å²) in [5.74, 6) is 0.345. The Kier molecular flexibility index (Phi) is 3.09. The number of anilines is 1. The fraction of sp³-hybridized carbons (Fsp3) is 0.562. The first-order valence-corrected chi connectivity index (χ1v) is 7.18. The van der Waals surface area contributed by atoms with Crippen LogP contribution in [0.5, 0.6) is 0 Å². The number of carbonyl (C=O) groups is 1. The molecule has 3 nitrogen and oxygen atoms in total. The molecule has 0 spiro atoms. The van der Waals surface area contributed by atoms with Crippen LogP contribution in [0.2, 0.25) is 0 Å². The molecule has 2 aliphatic rings. The summed E-state index contributed by atoms with van der Waals surface area (Å²) in [5, 5.41) is 6.49. The van der Waals surface area contributed by atoms with Crippen molar-refractivity contribution in [3.63, 3.8) is 0 Å². The highest BCUT2D eigenvalue weighted by atomic mass is 16.2. The van der Waals surface area contributed by atoms with E-state index in [1.807, 2.05) is 12.1 Å². The standard InChI is InChI=1S/C16H22N2O/c1-16(2)9-14(16)15(19)18-13-5-3-11(4-6-13)10-17-12-7-8-12/h3-6,12,14,17H,7-10H2,1-2H3,(H,18,19). The fourth-order valence-corrected chi connectivity index (χ4v) is 2.40. The Hall–Kier alpha value is -1.35. The minimum Gasteiger partial charge on any atom is -0.326 e. The molecule has 1 unspecified atom stereocenters. The van der Waals surface area contributed by atoms with E-state index in [9.17, 15) is 4.79 Å². The number of carbonyl (C=O) groups excluding carboxylic acids is 1. The fourth-order valence-electron chi connectivity index (χ4n) is 2.40. The average Bonchev–Trinajstić information content (AvgIpc) is 3.26. The highest BCUT2D eigenvalue weighted by Crippen LogP contribution is 2.51. The highest BCUT2D eigenvalue weighted by Gasteiger charge is 2.50. The molecule has 2 saturated carbocycles. The molecule has 0 heterocycles. The molecule has 0 bridgehead atoms. The van der Waals surface area contributed by atoms with Crippen LogP contribution in [0.15, 0.2) is 24.3 Å². The Bertz CT molecular complexity index is 474. The topological polar surface area (TPSA) is 41.1 Å². The molecule has 2 aliphatic carbocycles. The van der Waals surface area contributed by atoms with Crippen molar-refractivity contribution in [3.8, 4) is 0 Å². The van der Waals surface area contributed by atoms with Crippen LogP contribution in [0, 0.1) is 11.3 Å². The lowest BCUT2D eigenvalue weighted by molar-refractivity contribution is -0.117. The van der Waals surface area contributed by atoms with Crippen LogP contribution in [-0.4, -0.2) is 11.9 Å². The molecule has 2 fully saturated rings. The summed E-state index contributed by atoms with van der Waals surface area (Å²) in [5.41, 5.74) is 2.37. The van der Waals surface area contributed by atoms with Crippen molar-refractivity contribution in [1.29, 1.82) is 0 Å². The quantitative estimate of drug-likeness (QED) is 0.852. The van der Waals surface area contributed by atoms with E-state index in [1.54, 1.807) is 0 Å². The molecule has 1 atom stereocenters. The van der Waals surface area contributed by atoms with Gasteiger partial charge < -0.3 is 10.6 Å². The minimum atomic E-state index is 0.161. The van der Waals surface area contributed by atoms with Crippen molar-refractivity contribution in [1.82, 2.24) is 5.32 Å². The summed E-state index contributed by atoms with van der Waals surface area (Å²) in [7, 11) is 0. The van der Waals surface area contributed by atoms with Crippen molar-refractivity contribution >= 4 is 11.6 Å². The van der Waals surface area contributed by atoms with Crippen LogP contribution >= 0.6 is 0 Å². The smallest absolute Gasteiger partial charge is 0.228 e. The van der Waals surface area contributed by atoms with Crippen LogP contribution in [0.3, 0.4) is 0 Å². The summed E-state index contributed by atoms with van der Waals surface area (Å²) in [6, 6.07) is 8.90. The van der Waals surface area contributed by atoms with E-state index in [0.29, 0.717) is 0 Å². The highest BCUT2D eigenvalue weighted by molar-refractivity contribution is 5.94. The Labute approximate surface area is 114 Å². The van der Waals surface area contributed by atoms with Gasteiger partial charge in [-0.3, -0.25) is 4.79 Å². The molecule has 19 heavy (non-hydrogen) atoms. The third kappa shape index (κ3) is 3.16. The molecule has 3 heteroatoms. The molecule has 0 saturated heterocycles. The maximum atomic E-state index is 12.0. The molecule has 1 aromatic rings. The van der Waals surface area contributed by atoms with Gasteiger partial charge in [-0.15, -0.1) is 0 Å². The minimum absolute atomic E-state index is 0.161. The van der Waals surface area contributed by atoms with Crippen LogP contribution in [0.25, 0.3) is 0 Å². The summed E-state index contributed by atoms with van der Waals surface area (Å²) in [4.78, 5) is 12.0. The number of nitrogens with one attached hydrogen (secondary N) is 2. The lowest BCUT2D eigenvalue weighted by atomic mass is 10.1. The van der Waals surface area contributed by atoms with Gasteiger partial charge in [-0.1, -0.05) is 26.0 Å². The summed E-state index contributed by atoms with van der Waals surface area (Å²) in [6.45, 7) is 5.21. The van der Waals surface area contributed by atoms with Gasteiger partial charge in [0, 0.05) is 24.2 Å². The predicted molar refractivity (Wildman–Crippen MR) is 76.8 cm³/mol. The molecular formula is C16H22N2O. The van der Waals surface area contributed by atoms with Gasteiger partial charge in [-0.2, -0.15) is 0 Å². The molecule has 1 amide bonds. The van der Waals surface area contributed by atoms with E-state index in [4.69, 9.17) is 0 Å². The van der Waals surface area contributed by atoms with Gasteiger partial charge in [-0.25, -0.2) is 0 Å². The van der Waals surface area contributed by atoms with Gasteiger partial charge in [0.15, 0.2) is 0 Å². The molecule has 0 aromatic heterocycles. The van der Waals surface area contributed by atoms with Crippen molar-refractivity contribution < 1.29 is 4.79 Å². The van der Waals surface area contributed by atoms with Crippen LogP contribution in [-0.2, 0) is 11.3 Å². The number of benzene rings is 1. The third-order valence-corrected chi connectivity index (χ3v) is 4.22. The predicted octanol–water partition coefficient (Wildman–Crippen LogP) is 2.92. The zero-order valence-electron chi connectivity index (χ0n) is 11.7. The van der Waals surface area contributed by atoms with Crippen molar-refractivity contribution in [2.45, 2.75) is 45.7 Å². The maximum absolute atomic E-state index is 12.0. The van der Waals surface area contributed by atoms with Gasteiger partial charge in [-0.05, 0) is 42.4 Å². The molecule has 0 aliphatic heterocycles. The number of amides is 1. The SMILES string of the molecule is CC1(C)CC1C(=O)Nc1ccc(CNC2CC2)cc1. The van der Waals surface area contributed by atoms with E-state index in [1.165, 1.54) is 18.4 Å². The van der Waals surface area contributed by atoms with Crippen molar-refractivity contribution in [2.24, 2.45) is 11.3 Å². The monoisotopic (exact) mass is 258 g/mol. The zero-order valence-corrected chi connectivity index (χ0v) is 11.7. The zero-order chi connectivity index (χ0) is 13.5. The summed E-state index contributed by atoms with van der Waals surface area (Å²) in [6.07, 6.45) is 3.62. The van der Waals surface area contributed by atoms with E-state index < -0.39 is 0 Å². The summed E-state index contributed by atoms with van der Waals surface area (Å²) >= 11 is 0. The normalized spacial score (nSPS) is 24.0. The van der Waals surface area contributed by atoms with Gasteiger partial charge in [0.25, 0.3) is 0 Å². The second-order valence-electron chi connectivity index (χ2n) is 6.59. The first kappa shape index (κ1) is 12.7. The lowest BCUT2D eigenvalue weighted by Crippen LogP contribution is -2.17. The number of hydrogen-bond acceptors (Lipinski definition) is 2. The van der Waals surface area contributed by atoms with E-state index in [2.05, 4.69) is 36.6 Å². The largest absolute Gasteiger partial charge is 0.326 e. The van der Waals surface area contributed by atoms with Crippen molar-refractivity contribution in [3.05, 3.63) is 29.8 Å². The van der Waals surface area contributed by atoms with Crippen molar-refractivity contribution in [2.75, 3.05) is 5.32 Å². The van der Waals surface area contributed by atoms with Gasteiger partial charge in [0.1, 0.15) is 0 Å². The van der Waals surface area contributed by atoms with Crippen LogP contribution < -0.4 is 10.6 Å². The number of hydrogen-bond donors (Lipinski definition) is 2. The average molecular weight is 258 g/mol.